The highest BCUT2D eigenvalue weighted by atomic mass is 19.1. The van der Waals surface area contributed by atoms with Crippen LogP contribution < -0.4 is 9.64 Å². The van der Waals surface area contributed by atoms with Gasteiger partial charge in [-0.15, -0.1) is 0 Å². The number of benzene rings is 1. The summed E-state index contributed by atoms with van der Waals surface area (Å²) in [6, 6.07) is 2.17. The van der Waals surface area contributed by atoms with Crippen LogP contribution in [0.1, 0.15) is 12.8 Å². The molecule has 0 amide bonds. The van der Waals surface area contributed by atoms with Crippen LogP contribution >= 0.6 is 0 Å². The third-order valence-corrected chi connectivity index (χ3v) is 3.18. The maximum absolute atomic E-state index is 14.0. The van der Waals surface area contributed by atoms with E-state index in [9.17, 15) is 19.6 Å². The number of piperidine rings is 1. The van der Waals surface area contributed by atoms with Crippen LogP contribution in [0.3, 0.4) is 0 Å². The monoisotopic (exact) mass is 270 g/mol. The first-order chi connectivity index (χ1) is 9.02. The van der Waals surface area contributed by atoms with E-state index in [1.165, 1.54) is 13.2 Å². The van der Waals surface area contributed by atoms with Crippen LogP contribution in [0, 0.1) is 15.9 Å². The molecule has 0 bridgehead atoms. The topological polar surface area (TPSA) is 75.8 Å². The maximum atomic E-state index is 14.0. The van der Waals surface area contributed by atoms with Crippen molar-refractivity contribution in [1.82, 2.24) is 0 Å². The quantitative estimate of drug-likeness (QED) is 0.668. The molecule has 2 rings (SSSR count). The molecule has 19 heavy (non-hydrogen) atoms. The number of β-amino-alcohol motifs (C(OH)–C–C–N with tert-alkyl or cyclic N) is 1. The van der Waals surface area contributed by atoms with Crippen molar-refractivity contribution < 1.29 is 19.2 Å². The predicted octanol–water partition coefficient (Wildman–Crippen LogP) is 1.70. The van der Waals surface area contributed by atoms with Crippen molar-refractivity contribution in [3.8, 4) is 5.75 Å². The number of hydrogen-bond acceptors (Lipinski definition) is 5. The second-order valence-corrected chi connectivity index (χ2v) is 4.47. The number of aliphatic hydroxyl groups is 1. The van der Waals surface area contributed by atoms with Crippen LogP contribution in [0.15, 0.2) is 12.1 Å². The van der Waals surface area contributed by atoms with Crippen molar-refractivity contribution in [2.75, 3.05) is 25.1 Å². The number of nitrogens with zero attached hydrogens (tertiary/aromatic N) is 2. The first kappa shape index (κ1) is 13.5. The Kier molecular flexibility index (Phi) is 3.84. The minimum Gasteiger partial charge on any atom is -0.490 e. The molecule has 1 unspecified atom stereocenters. The van der Waals surface area contributed by atoms with Crippen LogP contribution in [0.4, 0.5) is 15.8 Å². The summed E-state index contributed by atoms with van der Waals surface area (Å²) in [7, 11) is 1.30. The molecule has 1 aromatic carbocycles. The zero-order valence-corrected chi connectivity index (χ0v) is 10.5. The number of rotatable bonds is 3. The molecule has 0 spiro atoms. The van der Waals surface area contributed by atoms with Gasteiger partial charge < -0.3 is 14.7 Å². The Hall–Kier alpha value is -1.89. The lowest BCUT2D eigenvalue weighted by Crippen LogP contribution is -2.38. The zero-order valence-electron chi connectivity index (χ0n) is 10.5. The molecule has 0 aliphatic carbocycles. The molecule has 0 aromatic heterocycles. The van der Waals surface area contributed by atoms with Crippen LogP contribution in [-0.2, 0) is 0 Å². The Bertz CT molecular complexity index is 495. The van der Waals surface area contributed by atoms with E-state index in [1.54, 1.807) is 4.90 Å². The van der Waals surface area contributed by atoms with Gasteiger partial charge in [-0.1, -0.05) is 0 Å². The molecule has 0 saturated carbocycles. The molecule has 1 aliphatic rings. The molecule has 1 aliphatic heterocycles. The van der Waals surface area contributed by atoms with Gasteiger partial charge in [0.1, 0.15) is 0 Å². The summed E-state index contributed by atoms with van der Waals surface area (Å²) in [4.78, 5) is 11.8. The van der Waals surface area contributed by atoms with Crippen molar-refractivity contribution in [2.24, 2.45) is 0 Å². The van der Waals surface area contributed by atoms with Gasteiger partial charge in [0, 0.05) is 19.2 Å². The van der Waals surface area contributed by atoms with E-state index < -0.39 is 22.5 Å². The fourth-order valence-electron chi connectivity index (χ4n) is 2.25. The summed E-state index contributed by atoms with van der Waals surface area (Å²) >= 11 is 0. The number of ether oxygens (including phenoxy) is 1. The minimum absolute atomic E-state index is 0.0152. The molecule has 6 nitrogen and oxygen atoms in total. The highest BCUT2D eigenvalue weighted by Crippen LogP contribution is 2.35. The molecule has 1 aromatic rings. The second kappa shape index (κ2) is 5.40. The Morgan fingerprint density at radius 2 is 2.32 bits per heavy atom. The van der Waals surface area contributed by atoms with Crippen LogP contribution in [0.25, 0.3) is 0 Å². The zero-order chi connectivity index (χ0) is 14.0. The second-order valence-electron chi connectivity index (χ2n) is 4.47. The average Bonchev–Trinajstić information content (AvgIpc) is 2.38. The van der Waals surface area contributed by atoms with E-state index in [4.69, 9.17) is 4.74 Å². The summed E-state index contributed by atoms with van der Waals surface area (Å²) in [5.41, 5.74) is -0.178. The Labute approximate surface area is 109 Å². The number of nitro benzene ring substituents is 1. The number of halogens is 1. The van der Waals surface area contributed by atoms with E-state index in [2.05, 4.69) is 0 Å². The number of aliphatic hydroxyl groups excluding tert-OH is 1. The molecule has 1 fully saturated rings. The molecule has 7 heteroatoms. The van der Waals surface area contributed by atoms with E-state index in [0.29, 0.717) is 19.5 Å². The van der Waals surface area contributed by atoms with Crippen molar-refractivity contribution in [3.05, 3.63) is 28.1 Å². The summed E-state index contributed by atoms with van der Waals surface area (Å²) < 4.78 is 18.9. The van der Waals surface area contributed by atoms with Gasteiger partial charge in [0.25, 0.3) is 0 Å². The van der Waals surface area contributed by atoms with Gasteiger partial charge in [0.05, 0.1) is 29.9 Å². The molecule has 1 N–H and O–H groups in total. The Morgan fingerprint density at radius 1 is 1.58 bits per heavy atom. The SMILES string of the molecule is COc1cc(N2CCCC(O)C2)c(F)cc1[N+](=O)[O-]. The van der Waals surface area contributed by atoms with Gasteiger partial charge in [0.2, 0.25) is 0 Å². The van der Waals surface area contributed by atoms with Crippen LogP contribution in [0.5, 0.6) is 5.75 Å². The summed E-state index contributed by atoms with van der Waals surface area (Å²) in [6.45, 7) is 0.923. The lowest BCUT2D eigenvalue weighted by Gasteiger charge is -2.32. The van der Waals surface area contributed by atoms with Gasteiger partial charge in [-0.2, -0.15) is 0 Å². The first-order valence-corrected chi connectivity index (χ1v) is 5.98. The standard InChI is InChI=1S/C12H15FN2O4/c1-19-12-6-10(9(13)5-11(12)15(17)18)14-4-2-3-8(16)7-14/h5-6,8,16H,2-4,7H2,1H3. The van der Waals surface area contributed by atoms with Gasteiger partial charge in [0.15, 0.2) is 11.6 Å². The first-order valence-electron chi connectivity index (χ1n) is 5.98. The fourth-order valence-corrected chi connectivity index (χ4v) is 2.25. The van der Waals surface area contributed by atoms with E-state index >= 15 is 0 Å². The third kappa shape index (κ3) is 2.76. The third-order valence-electron chi connectivity index (χ3n) is 3.18. The maximum Gasteiger partial charge on any atom is 0.313 e. The van der Waals surface area contributed by atoms with Crippen molar-refractivity contribution in [3.63, 3.8) is 0 Å². The van der Waals surface area contributed by atoms with E-state index in [-0.39, 0.29) is 11.4 Å². The Balaban J connectivity index is 2.38. The van der Waals surface area contributed by atoms with Gasteiger partial charge in [-0.3, -0.25) is 10.1 Å². The molecule has 104 valence electrons. The van der Waals surface area contributed by atoms with Crippen LogP contribution in [-0.4, -0.2) is 36.3 Å². The van der Waals surface area contributed by atoms with E-state index in [0.717, 1.165) is 12.5 Å². The minimum atomic E-state index is -0.684. The van der Waals surface area contributed by atoms with Gasteiger partial charge >= 0.3 is 5.69 Å². The largest absolute Gasteiger partial charge is 0.490 e. The fraction of sp³-hybridized carbons (Fsp3) is 0.500. The molecule has 1 saturated heterocycles. The molecular weight excluding hydrogens is 255 g/mol. The molecular formula is C12H15FN2O4. The molecule has 1 heterocycles. The van der Waals surface area contributed by atoms with Crippen molar-refractivity contribution in [1.29, 1.82) is 0 Å². The molecule has 0 radical (unpaired) electrons. The van der Waals surface area contributed by atoms with Crippen LogP contribution in [0.2, 0.25) is 0 Å². The average molecular weight is 270 g/mol. The highest BCUT2D eigenvalue weighted by molar-refractivity contribution is 5.60. The number of hydrogen-bond donors (Lipinski definition) is 1. The van der Waals surface area contributed by atoms with E-state index in [1.807, 2.05) is 0 Å². The highest BCUT2D eigenvalue weighted by Gasteiger charge is 2.25. The summed E-state index contributed by atoms with van der Waals surface area (Å²) in [5, 5.41) is 20.4. The normalized spacial score (nSPS) is 19.3. The summed E-state index contributed by atoms with van der Waals surface area (Å²) in [5.74, 6) is -0.664. The predicted molar refractivity (Wildman–Crippen MR) is 67.1 cm³/mol. The Morgan fingerprint density at radius 3 is 2.89 bits per heavy atom. The lowest BCUT2D eigenvalue weighted by molar-refractivity contribution is -0.385. The van der Waals surface area contributed by atoms with Crippen molar-refractivity contribution >= 4 is 11.4 Å². The number of anilines is 1. The molecule has 1 atom stereocenters. The smallest absolute Gasteiger partial charge is 0.313 e. The number of nitro groups is 1. The number of methoxy groups -OCH3 is 1. The van der Waals surface area contributed by atoms with Gasteiger partial charge in [-0.25, -0.2) is 4.39 Å². The van der Waals surface area contributed by atoms with Gasteiger partial charge in [-0.05, 0) is 12.8 Å². The summed E-state index contributed by atoms with van der Waals surface area (Å²) in [6.07, 6.45) is 0.927. The lowest BCUT2D eigenvalue weighted by atomic mass is 10.1. The van der Waals surface area contributed by atoms with Crippen molar-refractivity contribution in [2.45, 2.75) is 18.9 Å².